The van der Waals surface area contributed by atoms with E-state index in [9.17, 15) is 4.79 Å². The Morgan fingerprint density at radius 2 is 1.82 bits per heavy atom. The number of hydrogen-bond acceptors (Lipinski definition) is 3. The van der Waals surface area contributed by atoms with Crippen LogP contribution in [0.15, 0.2) is 59.7 Å². The fourth-order valence-corrected chi connectivity index (χ4v) is 3.21. The van der Waals surface area contributed by atoms with E-state index < -0.39 is 0 Å². The molecule has 0 radical (unpaired) electrons. The maximum absolute atomic E-state index is 11.9. The number of nitrogens with zero attached hydrogens (tertiary/aromatic N) is 2. The average molecular weight is 416 g/mol. The van der Waals surface area contributed by atoms with Gasteiger partial charge in [0, 0.05) is 32.7 Å². The van der Waals surface area contributed by atoms with Gasteiger partial charge in [0.25, 0.3) is 5.91 Å². The number of aromatic nitrogens is 1. The number of hydrogen-bond donors (Lipinski definition) is 1. The van der Waals surface area contributed by atoms with Crippen molar-refractivity contribution in [1.82, 2.24) is 9.99 Å². The molecule has 0 spiro atoms. The average Bonchev–Trinajstić information content (AvgIpc) is 2.93. The summed E-state index contributed by atoms with van der Waals surface area (Å²) in [5.74, 6) is 0.163. The number of halogens is 2. The van der Waals surface area contributed by atoms with Crippen molar-refractivity contribution in [3.8, 4) is 11.4 Å². The first-order valence-electron chi connectivity index (χ1n) is 8.59. The van der Waals surface area contributed by atoms with E-state index in [0.717, 1.165) is 22.6 Å². The molecule has 2 aromatic carbocycles. The highest BCUT2D eigenvalue weighted by molar-refractivity contribution is 6.31. The summed E-state index contributed by atoms with van der Waals surface area (Å²) in [4.78, 5) is 11.9. The van der Waals surface area contributed by atoms with Crippen molar-refractivity contribution in [2.75, 3.05) is 6.61 Å². The Morgan fingerprint density at radius 1 is 1.11 bits per heavy atom. The normalized spacial score (nSPS) is 11.0. The molecule has 3 aromatic rings. The number of nitrogens with one attached hydrogen (secondary N) is 1. The highest BCUT2D eigenvalue weighted by atomic mass is 35.5. The maximum Gasteiger partial charge on any atom is 0.277 e. The lowest BCUT2D eigenvalue weighted by molar-refractivity contribution is -0.123. The van der Waals surface area contributed by atoms with Crippen LogP contribution in [0.5, 0.6) is 5.75 Å². The first-order chi connectivity index (χ1) is 13.4. The summed E-state index contributed by atoms with van der Waals surface area (Å²) >= 11 is 12.0. The second-order valence-corrected chi connectivity index (χ2v) is 7.05. The summed E-state index contributed by atoms with van der Waals surface area (Å²) in [5.41, 5.74) is 6.37. The number of benzene rings is 2. The first-order valence-corrected chi connectivity index (χ1v) is 9.35. The van der Waals surface area contributed by atoms with Crippen LogP contribution < -0.4 is 10.2 Å². The van der Waals surface area contributed by atoms with Crippen LogP contribution in [0.1, 0.15) is 17.0 Å². The lowest BCUT2D eigenvalue weighted by Crippen LogP contribution is -2.24. The number of ether oxygens (including phenoxy) is 1. The molecule has 0 aliphatic carbocycles. The van der Waals surface area contributed by atoms with Crippen molar-refractivity contribution in [2.24, 2.45) is 5.10 Å². The van der Waals surface area contributed by atoms with Crippen molar-refractivity contribution in [3.63, 3.8) is 0 Å². The summed E-state index contributed by atoms with van der Waals surface area (Å²) in [6.07, 6.45) is 1.61. The summed E-state index contributed by atoms with van der Waals surface area (Å²) in [7, 11) is 0. The second-order valence-electron chi connectivity index (χ2n) is 6.18. The van der Waals surface area contributed by atoms with Crippen LogP contribution in [0, 0.1) is 13.8 Å². The van der Waals surface area contributed by atoms with Gasteiger partial charge in [-0.2, -0.15) is 5.10 Å². The third-order valence-electron chi connectivity index (χ3n) is 4.10. The number of carbonyl (C=O) groups excluding carboxylic acids is 1. The molecule has 28 heavy (non-hydrogen) atoms. The number of amides is 1. The summed E-state index contributed by atoms with van der Waals surface area (Å²) in [6.45, 7) is 3.83. The summed E-state index contributed by atoms with van der Waals surface area (Å²) in [5, 5.41) is 5.25. The molecule has 0 atom stereocenters. The minimum absolute atomic E-state index is 0.154. The predicted octanol–water partition coefficient (Wildman–Crippen LogP) is 4.93. The van der Waals surface area contributed by atoms with Crippen molar-refractivity contribution < 1.29 is 9.53 Å². The molecule has 1 amide bonds. The number of hydrazone groups is 1. The molecule has 144 valence electrons. The van der Waals surface area contributed by atoms with Gasteiger partial charge >= 0.3 is 0 Å². The van der Waals surface area contributed by atoms with Gasteiger partial charge in [0.05, 0.1) is 6.21 Å². The van der Waals surface area contributed by atoms with E-state index in [1.807, 2.05) is 44.2 Å². The molecule has 0 saturated carbocycles. The topological polar surface area (TPSA) is 55.6 Å². The van der Waals surface area contributed by atoms with E-state index in [4.69, 9.17) is 27.9 Å². The van der Waals surface area contributed by atoms with Crippen LogP contribution in [-0.2, 0) is 4.79 Å². The lowest BCUT2D eigenvalue weighted by Gasteiger charge is -2.09. The Bertz CT molecular complexity index is 1030. The van der Waals surface area contributed by atoms with Gasteiger partial charge in [-0.1, -0.05) is 35.3 Å². The van der Waals surface area contributed by atoms with E-state index in [-0.39, 0.29) is 12.5 Å². The van der Waals surface area contributed by atoms with Gasteiger partial charge in [-0.3, -0.25) is 4.79 Å². The van der Waals surface area contributed by atoms with Crippen molar-refractivity contribution in [2.45, 2.75) is 13.8 Å². The Kier molecular flexibility index (Phi) is 6.39. The molecule has 0 fully saturated rings. The van der Waals surface area contributed by atoms with E-state index in [2.05, 4.69) is 15.1 Å². The monoisotopic (exact) mass is 415 g/mol. The molecule has 5 nitrogen and oxygen atoms in total. The fourth-order valence-electron chi connectivity index (χ4n) is 2.84. The Morgan fingerprint density at radius 3 is 2.54 bits per heavy atom. The summed E-state index contributed by atoms with van der Waals surface area (Å²) in [6, 6.07) is 16.5. The van der Waals surface area contributed by atoms with Crippen molar-refractivity contribution in [1.29, 1.82) is 0 Å². The maximum atomic E-state index is 11.9. The molecule has 0 unspecified atom stereocenters. The van der Waals surface area contributed by atoms with Crippen LogP contribution in [0.25, 0.3) is 5.69 Å². The molecule has 1 heterocycles. The van der Waals surface area contributed by atoms with Crippen LogP contribution in [-0.4, -0.2) is 23.3 Å². The van der Waals surface area contributed by atoms with Gasteiger partial charge in [-0.05, 0) is 56.3 Å². The quantitative estimate of drug-likeness (QED) is 0.458. The zero-order valence-electron chi connectivity index (χ0n) is 15.4. The first kappa shape index (κ1) is 20.0. The minimum Gasteiger partial charge on any atom is -0.484 e. The standard InChI is InChI=1S/C21H19Cl2N3O2/c1-14-9-16(15(2)26(14)19-7-3-5-17(22)10-19)12-24-25-21(27)13-28-20-8-4-6-18(23)11-20/h3-12H,13H2,1-2H3,(H,25,27)/b24-12+. The number of carbonyl (C=O) groups is 1. The zero-order chi connectivity index (χ0) is 20.1. The van der Waals surface area contributed by atoms with E-state index in [1.54, 1.807) is 30.5 Å². The lowest BCUT2D eigenvalue weighted by atomic mass is 10.2. The minimum atomic E-state index is -0.361. The van der Waals surface area contributed by atoms with E-state index >= 15 is 0 Å². The predicted molar refractivity (Wildman–Crippen MR) is 113 cm³/mol. The van der Waals surface area contributed by atoms with Crippen LogP contribution >= 0.6 is 23.2 Å². The van der Waals surface area contributed by atoms with Gasteiger partial charge in [0.1, 0.15) is 5.75 Å². The molecule has 0 saturated heterocycles. The zero-order valence-corrected chi connectivity index (χ0v) is 17.0. The van der Waals surface area contributed by atoms with Crippen molar-refractivity contribution in [3.05, 3.63) is 81.6 Å². The molecule has 1 aromatic heterocycles. The Balaban J connectivity index is 1.63. The molecule has 1 N–H and O–H groups in total. The number of rotatable bonds is 6. The summed E-state index contributed by atoms with van der Waals surface area (Å²) < 4.78 is 7.46. The van der Waals surface area contributed by atoms with Gasteiger partial charge < -0.3 is 9.30 Å². The number of aryl methyl sites for hydroxylation is 1. The molecule has 0 aliphatic heterocycles. The smallest absolute Gasteiger partial charge is 0.277 e. The van der Waals surface area contributed by atoms with Crippen LogP contribution in [0.2, 0.25) is 10.0 Å². The van der Waals surface area contributed by atoms with Gasteiger partial charge in [-0.15, -0.1) is 0 Å². The molecular formula is C21H19Cl2N3O2. The SMILES string of the molecule is Cc1cc(/C=N/NC(=O)COc2cccc(Cl)c2)c(C)n1-c1cccc(Cl)c1. The van der Waals surface area contributed by atoms with E-state index in [1.165, 1.54) is 0 Å². The van der Waals surface area contributed by atoms with Gasteiger partial charge in [0.2, 0.25) is 0 Å². The highest BCUT2D eigenvalue weighted by Gasteiger charge is 2.10. The fraction of sp³-hybridized carbons (Fsp3) is 0.143. The molecule has 7 heteroatoms. The van der Waals surface area contributed by atoms with Crippen LogP contribution in [0.4, 0.5) is 0 Å². The Hall–Kier alpha value is -2.76. The Labute approximate surface area is 173 Å². The third-order valence-corrected chi connectivity index (χ3v) is 4.57. The molecular weight excluding hydrogens is 397 g/mol. The molecule has 0 bridgehead atoms. The van der Waals surface area contributed by atoms with E-state index in [0.29, 0.717) is 15.8 Å². The largest absolute Gasteiger partial charge is 0.484 e. The second kappa shape index (κ2) is 8.95. The highest BCUT2D eigenvalue weighted by Crippen LogP contribution is 2.22. The van der Waals surface area contributed by atoms with Crippen molar-refractivity contribution >= 4 is 35.3 Å². The molecule has 0 aliphatic rings. The van der Waals surface area contributed by atoms with Crippen LogP contribution in [0.3, 0.4) is 0 Å². The van der Waals surface area contributed by atoms with Gasteiger partial charge in [-0.25, -0.2) is 5.43 Å². The molecule has 3 rings (SSSR count). The third kappa shape index (κ3) is 4.94. The van der Waals surface area contributed by atoms with Gasteiger partial charge in [0.15, 0.2) is 6.61 Å².